The van der Waals surface area contributed by atoms with Crippen LogP contribution in [-0.2, 0) is 4.74 Å². The summed E-state index contributed by atoms with van der Waals surface area (Å²) in [6, 6.07) is 20.6. The van der Waals surface area contributed by atoms with E-state index >= 15 is 0 Å². The summed E-state index contributed by atoms with van der Waals surface area (Å²) in [5.74, 6) is 1.31. The monoisotopic (exact) mass is 349 g/mol. The molecule has 3 nitrogen and oxygen atoms in total. The molecule has 0 aromatic heterocycles. The Labute approximate surface area is 156 Å². The van der Waals surface area contributed by atoms with Gasteiger partial charge in [-0.05, 0) is 57.0 Å². The van der Waals surface area contributed by atoms with Crippen LogP contribution in [-0.4, -0.2) is 37.1 Å². The van der Waals surface area contributed by atoms with Gasteiger partial charge in [0.05, 0.1) is 5.56 Å². The van der Waals surface area contributed by atoms with Crippen molar-refractivity contribution in [1.82, 2.24) is 4.90 Å². The van der Waals surface area contributed by atoms with Gasteiger partial charge >= 0.3 is 5.97 Å². The van der Waals surface area contributed by atoms with Crippen LogP contribution in [0.5, 0.6) is 0 Å². The van der Waals surface area contributed by atoms with E-state index in [0.717, 1.165) is 12.8 Å². The lowest BCUT2D eigenvalue weighted by molar-refractivity contribution is -0.0746. The summed E-state index contributed by atoms with van der Waals surface area (Å²) in [6.07, 6.45) is 3.37. The number of carbonyl (C=O) groups excluding carboxylic acids is 1. The average Bonchev–Trinajstić information content (AvgIpc) is 2.69. The van der Waals surface area contributed by atoms with Gasteiger partial charge in [-0.15, -0.1) is 0 Å². The van der Waals surface area contributed by atoms with E-state index in [0.29, 0.717) is 29.4 Å². The fraction of sp³-hybridized carbons (Fsp3) is 0.435. The van der Waals surface area contributed by atoms with Crippen molar-refractivity contribution in [2.75, 3.05) is 14.1 Å². The molecule has 2 aromatic carbocycles. The molecule has 0 heterocycles. The van der Waals surface area contributed by atoms with E-state index in [2.05, 4.69) is 49.3 Å². The minimum atomic E-state index is -0.183. The van der Waals surface area contributed by atoms with Crippen LogP contribution >= 0.6 is 0 Å². The van der Waals surface area contributed by atoms with Crippen molar-refractivity contribution in [3.63, 3.8) is 0 Å². The number of likely N-dealkylation sites (N-methyl/N-ethyl adjacent to an activating group) is 1. The zero-order valence-corrected chi connectivity index (χ0v) is 15.5. The van der Waals surface area contributed by atoms with E-state index in [9.17, 15) is 4.79 Å². The molecular formula is C23H27NO2. The van der Waals surface area contributed by atoms with Gasteiger partial charge in [-0.3, -0.25) is 0 Å². The van der Waals surface area contributed by atoms with E-state index in [1.165, 1.54) is 12.0 Å². The van der Waals surface area contributed by atoms with Crippen molar-refractivity contribution in [1.29, 1.82) is 0 Å². The van der Waals surface area contributed by atoms with Crippen LogP contribution in [0.4, 0.5) is 0 Å². The van der Waals surface area contributed by atoms with E-state index in [1.54, 1.807) is 0 Å². The van der Waals surface area contributed by atoms with Crippen molar-refractivity contribution in [2.45, 2.75) is 37.3 Å². The number of benzene rings is 2. The lowest BCUT2D eigenvalue weighted by atomic mass is 9.58. The highest BCUT2D eigenvalue weighted by Gasteiger charge is 2.51. The zero-order chi connectivity index (χ0) is 18.1. The molecule has 26 heavy (non-hydrogen) atoms. The van der Waals surface area contributed by atoms with Crippen LogP contribution in [0.15, 0.2) is 60.7 Å². The Bertz CT molecular complexity index is 743. The first-order valence-corrected chi connectivity index (χ1v) is 9.62. The molecule has 3 saturated carbocycles. The SMILES string of the molecule is CN(C)[C@@H]1[C@H]2CC[C@H](C[C@H]2OC(=O)c2ccccc2)[C@H]1c1ccccc1. The Morgan fingerprint density at radius 1 is 0.962 bits per heavy atom. The van der Waals surface area contributed by atoms with Gasteiger partial charge in [0.1, 0.15) is 6.10 Å². The summed E-state index contributed by atoms with van der Waals surface area (Å²) in [7, 11) is 4.33. The highest BCUT2D eigenvalue weighted by Crippen LogP contribution is 2.52. The largest absolute Gasteiger partial charge is 0.458 e. The first kappa shape index (κ1) is 17.3. The number of esters is 1. The van der Waals surface area contributed by atoms with Gasteiger partial charge in [0.15, 0.2) is 0 Å². The van der Waals surface area contributed by atoms with Gasteiger partial charge in [-0.1, -0.05) is 48.5 Å². The first-order valence-electron chi connectivity index (χ1n) is 9.62. The van der Waals surface area contributed by atoms with E-state index in [-0.39, 0.29) is 12.1 Å². The minimum Gasteiger partial charge on any atom is -0.458 e. The number of rotatable bonds is 4. The summed E-state index contributed by atoms with van der Waals surface area (Å²) in [5, 5.41) is 0. The quantitative estimate of drug-likeness (QED) is 0.768. The number of nitrogens with zero attached hydrogens (tertiary/aromatic N) is 1. The maximum absolute atomic E-state index is 12.6. The fourth-order valence-electron chi connectivity index (χ4n) is 5.21. The molecule has 0 N–H and O–H groups in total. The molecule has 0 saturated heterocycles. The van der Waals surface area contributed by atoms with Crippen molar-refractivity contribution in [2.24, 2.45) is 11.8 Å². The number of fused-ring (bicyclic) bond motifs is 3. The maximum Gasteiger partial charge on any atom is 0.338 e. The summed E-state index contributed by atoms with van der Waals surface area (Å²) >= 11 is 0. The molecule has 5 atom stereocenters. The number of hydrogen-bond acceptors (Lipinski definition) is 3. The molecule has 3 heteroatoms. The molecule has 136 valence electrons. The minimum absolute atomic E-state index is 0.0221. The fourth-order valence-corrected chi connectivity index (χ4v) is 5.21. The normalized spacial score (nSPS) is 30.3. The maximum atomic E-state index is 12.6. The summed E-state index contributed by atoms with van der Waals surface area (Å²) in [6.45, 7) is 0. The molecule has 0 aliphatic heterocycles. The molecule has 0 amide bonds. The van der Waals surface area contributed by atoms with Crippen molar-refractivity contribution >= 4 is 5.97 Å². The molecular weight excluding hydrogens is 322 g/mol. The standard InChI is InChI=1S/C23H27NO2/c1-24(2)22-19-14-13-18(21(22)16-9-5-3-6-10-16)15-20(19)26-23(25)17-11-7-4-8-12-17/h3-12,18-22H,13-15H2,1-2H3/t18-,19+,20-,21-,22-/m1/s1. The van der Waals surface area contributed by atoms with Gasteiger partial charge in [-0.2, -0.15) is 0 Å². The van der Waals surface area contributed by atoms with Crippen LogP contribution in [0.1, 0.15) is 41.1 Å². The Kier molecular flexibility index (Phi) is 4.82. The number of ether oxygens (including phenoxy) is 1. The van der Waals surface area contributed by atoms with Gasteiger partial charge in [0, 0.05) is 17.9 Å². The molecule has 0 unspecified atom stereocenters. The van der Waals surface area contributed by atoms with Crippen molar-refractivity contribution < 1.29 is 9.53 Å². The predicted molar refractivity (Wildman–Crippen MR) is 103 cm³/mol. The topological polar surface area (TPSA) is 29.5 Å². The third-order valence-corrected chi connectivity index (χ3v) is 6.25. The van der Waals surface area contributed by atoms with E-state index in [1.807, 2.05) is 30.3 Å². The molecule has 5 rings (SSSR count). The van der Waals surface area contributed by atoms with Crippen molar-refractivity contribution in [3.05, 3.63) is 71.8 Å². The molecule has 3 aliphatic rings. The second kappa shape index (κ2) is 7.24. The summed E-state index contributed by atoms with van der Waals surface area (Å²) < 4.78 is 6.01. The van der Waals surface area contributed by atoms with Crippen LogP contribution < -0.4 is 0 Å². The highest BCUT2D eigenvalue weighted by atomic mass is 16.5. The third kappa shape index (κ3) is 3.16. The second-order valence-electron chi connectivity index (χ2n) is 7.94. The van der Waals surface area contributed by atoms with Crippen LogP contribution in [0.25, 0.3) is 0 Å². The van der Waals surface area contributed by atoms with Crippen LogP contribution in [0, 0.1) is 11.8 Å². The van der Waals surface area contributed by atoms with E-state index in [4.69, 9.17) is 4.74 Å². The lowest BCUT2D eigenvalue weighted by Crippen LogP contribution is -2.56. The van der Waals surface area contributed by atoms with Crippen LogP contribution in [0.3, 0.4) is 0 Å². The second-order valence-corrected chi connectivity index (χ2v) is 7.94. The first-order chi connectivity index (χ1) is 12.6. The molecule has 0 radical (unpaired) electrons. The summed E-state index contributed by atoms with van der Waals surface area (Å²) in [5.41, 5.74) is 2.07. The molecule has 0 spiro atoms. The molecule has 2 aromatic rings. The van der Waals surface area contributed by atoms with E-state index < -0.39 is 0 Å². The van der Waals surface area contributed by atoms with Gasteiger partial charge < -0.3 is 9.64 Å². The molecule has 3 aliphatic carbocycles. The smallest absolute Gasteiger partial charge is 0.338 e. The Morgan fingerprint density at radius 2 is 1.62 bits per heavy atom. The number of carbonyl (C=O) groups is 1. The van der Waals surface area contributed by atoms with Crippen LogP contribution in [0.2, 0.25) is 0 Å². The van der Waals surface area contributed by atoms with Crippen molar-refractivity contribution in [3.8, 4) is 0 Å². The molecule has 3 fully saturated rings. The lowest BCUT2D eigenvalue weighted by Gasteiger charge is -2.54. The number of hydrogen-bond donors (Lipinski definition) is 0. The predicted octanol–water partition coefficient (Wildman–Crippen LogP) is 4.36. The highest BCUT2D eigenvalue weighted by molar-refractivity contribution is 5.89. The Morgan fingerprint density at radius 3 is 2.27 bits per heavy atom. The van der Waals surface area contributed by atoms with Gasteiger partial charge in [0.2, 0.25) is 0 Å². The average molecular weight is 349 g/mol. The Hall–Kier alpha value is -2.13. The zero-order valence-electron chi connectivity index (χ0n) is 15.5. The Balaban J connectivity index is 1.57. The third-order valence-electron chi connectivity index (χ3n) is 6.25. The summed E-state index contributed by atoms with van der Waals surface area (Å²) in [4.78, 5) is 14.9. The van der Waals surface area contributed by atoms with Gasteiger partial charge in [0.25, 0.3) is 0 Å². The van der Waals surface area contributed by atoms with Gasteiger partial charge in [-0.25, -0.2) is 4.79 Å². The molecule has 2 bridgehead atoms.